The molecule has 1 N–H and O–H groups in total. The number of amides is 1. The lowest BCUT2D eigenvalue weighted by Gasteiger charge is -2.07. The molecule has 0 fully saturated rings. The first kappa shape index (κ1) is 13.3. The standard InChI is InChI=1S/C14H18N4O/c1-10-11(2)17-18(12(10)3)8-7-16-14(19)13-5-4-6-15-9-13/h4-6,9H,7-8H2,1-3H3,(H,16,19). The number of hydrogen-bond donors (Lipinski definition) is 1. The summed E-state index contributed by atoms with van der Waals surface area (Å²) in [6.07, 6.45) is 3.21. The van der Waals surface area contributed by atoms with Crippen LogP contribution in [0.4, 0.5) is 0 Å². The number of nitrogens with zero attached hydrogens (tertiary/aromatic N) is 3. The molecule has 0 saturated carbocycles. The predicted molar refractivity (Wildman–Crippen MR) is 73.0 cm³/mol. The maximum Gasteiger partial charge on any atom is 0.252 e. The molecule has 0 aromatic carbocycles. The van der Waals surface area contributed by atoms with Gasteiger partial charge < -0.3 is 5.32 Å². The molecule has 5 nitrogen and oxygen atoms in total. The van der Waals surface area contributed by atoms with Gasteiger partial charge in [-0.05, 0) is 38.5 Å². The van der Waals surface area contributed by atoms with Crippen LogP contribution in [-0.2, 0) is 6.54 Å². The van der Waals surface area contributed by atoms with Gasteiger partial charge in [0, 0.05) is 24.6 Å². The van der Waals surface area contributed by atoms with Gasteiger partial charge in [-0.15, -0.1) is 0 Å². The minimum atomic E-state index is -0.105. The van der Waals surface area contributed by atoms with Gasteiger partial charge in [-0.3, -0.25) is 14.5 Å². The Hall–Kier alpha value is -2.17. The predicted octanol–water partition coefficient (Wildman–Crippen LogP) is 1.63. The van der Waals surface area contributed by atoms with E-state index in [4.69, 9.17) is 0 Å². The first-order chi connectivity index (χ1) is 9.09. The Morgan fingerprint density at radius 1 is 1.37 bits per heavy atom. The third kappa shape index (κ3) is 2.99. The number of nitrogens with one attached hydrogen (secondary N) is 1. The van der Waals surface area contributed by atoms with Crippen molar-refractivity contribution in [3.8, 4) is 0 Å². The molecule has 5 heteroatoms. The van der Waals surface area contributed by atoms with Crippen LogP contribution in [0.2, 0.25) is 0 Å². The number of aryl methyl sites for hydroxylation is 1. The van der Waals surface area contributed by atoms with Crippen LogP contribution in [0.15, 0.2) is 24.5 Å². The van der Waals surface area contributed by atoms with E-state index in [9.17, 15) is 4.79 Å². The van der Waals surface area contributed by atoms with Gasteiger partial charge in [0.2, 0.25) is 0 Å². The quantitative estimate of drug-likeness (QED) is 0.906. The smallest absolute Gasteiger partial charge is 0.252 e. The Kier molecular flexibility index (Phi) is 3.94. The van der Waals surface area contributed by atoms with Crippen molar-refractivity contribution in [2.24, 2.45) is 0 Å². The fourth-order valence-electron chi connectivity index (χ4n) is 1.88. The van der Waals surface area contributed by atoms with E-state index in [0.29, 0.717) is 18.7 Å². The van der Waals surface area contributed by atoms with Gasteiger partial charge in [-0.2, -0.15) is 5.10 Å². The zero-order chi connectivity index (χ0) is 13.8. The molecule has 0 aliphatic carbocycles. The second kappa shape index (κ2) is 5.65. The monoisotopic (exact) mass is 258 g/mol. The number of carbonyl (C=O) groups excluding carboxylic acids is 1. The lowest BCUT2D eigenvalue weighted by Crippen LogP contribution is -2.27. The summed E-state index contributed by atoms with van der Waals surface area (Å²) in [7, 11) is 0. The minimum absolute atomic E-state index is 0.105. The third-order valence-electron chi connectivity index (χ3n) is 3.28. The van der Waals surface area contributed by atoms with Crippen LogP contribution < -0.4 is 5.32 Å². The highest BCUT2D eigenvalue weighted by molar-refractivity contribution is 5.93. The van der Waals surface area contributed by atoms with Crippen LogP contribution in [0.25, 0.3) is 0 Å². The molecular formula is C14H18N4O. The molecule has 2 aromatic heterocycles. The maximum absolute atomic E-state index is 11.8. The normalized spacial score (nSPS) is 10.5. The average Bonchev–Trinajstić information content (AvgIpc) is 2.67. The summed E-state index contributed by atoms with van der Waals surface area (Å²) in [4.78, 5) is 15.7. The van der Waals surface area contributed by atoms with Crippen molar-refractivity contribution < 1.29 is 4.79 Å². The van der Waals surface area contributed by atoms with Crippen molar-refractivity contribution in [3.63, 3.8) is 0 Å². The Morgan fingerprint density at radius 3 is 2.74 bits per heavy atom. The van der Waals surface area contributed by atoms with Crippen LogP contribution in [0.1, 0.15) is 27.3 Å². The lowest BCUT2D eigenvalue weighted by atomic mass is 10.2. The molecule has 19 heavy (non-hydrogen) atoms. The van der Waals surface area contributed by atoms with Crippen molar-refractivity contribution in [1.82, 2.24) is 20.1 Å². The van der Waals surface area contributed by atoms with E-state index in [1.807, 2.05) is 18.5 Å². The first-order valence-corrected chi connectivity index (χ1v) is 6.28. The summed E-state index contributed by atoms with van der Waals surface area (Å²) in [6, 6.07) is 3.50. The van der Waals surface area contributed by atoms with Crippen molar-refractivity contribution in [1.29, 1.82) is 0 Å². The molecule has 0 bridgehead atoms. The molecule has 1 amide bonds. The van der Waals surface area contributed by atoms with Gasteiger partial charge in [-0.1, -0.05) is 0 Å². The van der Waals surface area contributed by atoms with Gasteiger partial charge in [-0.25, -0.2) is 0 Å². The van der Waals surface area contributed by atoms with Crippen LogP contribution >= 0.6 is 0 Å². The minimum Gasteiger partial charge on any atom is -0.350 e. The summed E-state index contributed by atoms with van der Waals surface area (Å²) in [5.74, 6) is -0.105. The van der Waals surface area contributed by atoms with Crippen LogP contribution in [-0.4, -0.2) is 27.2 Å². The highest BCUT2D eigenvalue weighted by atomic mass is 16.1. The Balaban J connectivity index is 1.90. The highest BCUT2D eigenvalue weighted by Gasteiger charge is 2.08. The number of hydrogen-bond acceptors (Lipinski definition) is 3. The number of carbonyl (C=O) groups is 1. The summed E-state index contributed by atoms with van der Waals surface area (Å²) in [5.41, 5.74) is 3.97. The summed E-state index contributed by atoms with van der Waals surface area (Å²) in [5, 5.41) is 7.30. The molecule has 0 aliphatic rings. The number of rotatable bonds is 4. The molecule has 0 spiro atoms. The molecule has 0 radical (unpaired) electrons. The molecule has 0 atom stereocenters. The third-order valence-corrected chi connectivity index (χ3v) is 3.28. The summed E-state index contributed by atoms with van der Waals surface area (Å²) >= 11 is 0. The lowest BCUT2D eigenvalue weighted by molar-refractivity contribution is 0.0951. The Labute approximate surface area is 112 Å². The van der Waals surface area contributed by atoms with Gasteiger partial charge in [0.1, 0.15) is 0 Å². The zero-order valence-electron chi connectivity index (χ0n) is 11.5. The molecule has 2 rings (SSSR count). The van der Waals surface area contributed by atoms with E-state index >= 15 is 0 Å². The average molecular weight is 258 g/mol. The number of aromatic nitrogens is 3. The van der Waals surface area contributed by atoms with Crippen molar-refractivity contribution in [3.05, 3.63) is 47.0 Å². The summed E-state index contributed by atoms with van der Waals surface area (Å²) in [6.45, 7) is 7.31. The molecule has 0 unspecified atom stereocenters. The van der Waals surface area contributed by atoms with E-state index in [2.05, 4.69) is 22.3 Å². The fraction of sp³-hybridized carbons (Fsp3) is 0.357. The maximum atomic E-state index is 11.8. The second-order valence-electron chi connectivity index (χ2n) is 4.52. The van der Waals surface area contributed by atoms with E-state index in [-0.39, 0.29) is 5.91 Å². The Morgan fingerprint density at radius 2 is 2.16 bits per heavy atom. The molecular weight excluding hydrogens is 240 g/mol. The zero-order valence-corrected chi connectivity index (χ0v) is 11.5. The van der Waals surface area contributed by atoms with Crippen molar-refractivity contribution in [2.75, 3.05) is 6.54 Å². The topological polar surface area (TPSA) is 59.8 Å². The van der Waals surface area contributed by atoms with Gasteiger partial charge in [0.15, 0.2) is 0 Å². The van der Waals surface area contributed by atoms with E-state index in [0.717, 1.165) is 11.4 Å². The van der Waals surface area contributed by atoms with Crippen LogP contribution in [0, 0.1) is 20.8 Å². The van der Waals surface area contributed by atoms with Crippen molar-refractivity contribution >= 4 is 5.91 Å². The second-order valence-corrected chi connectivity index (χ2v) is 4.52. The van der Waals surface area contributed by atoms with Crippen molar-refractivity contribution in [2.45, 2.75) is 27.3 Å². The van der Waals surface area contributed by atoms with Crippen LogP contribution in [0.3, 0.4) is 0 Å². The van der Waals surface area contributed by atoms with Gasteiger partial charge >= 0.3 is 0 Å². The highest BCUT2D eigenvalue weighted by Crippen LogP contribution is 2.10. The van der Waals surface area contributed by atoms with Crippen LogP contribution in [0.5, 0.6) is 0 Å². The molecule has 100 valence electrons. The fourth-order valence-corrected chi connectivity index (χ4v) is 1.88. The molecule has 0 saturated heterocycles. The SMILES string of the molecule is Cc1nn(CCNC(=O)c2cccnc2)c(C)c1C. The number of pyridine rings is 1. The van der Waals surface area contributed by atoms with Gasteiger partial charge in [0.05, 0.1) is 17.8 Å². The van der Waals surface area contributed by atoms with Gasteiger partial charge in [0.25, 0.3) is 5.91 Å². The van der Waals surface area contributed by atoms with E-state index in [1.165, 1.54) is 5.56 Å². The first-order valence-electron chi connectivity index (χ1n) is 6.28. The molecule has 0 aliphatic heterocycles. The molecule has 2 heterocycles. The molecule has 2 aromatic rings. The Bertz CT molecular complexity index is 575. The van der Waals surface area contributed by atoms with E-state index < -0.39 is 0 Å². The largest absolute Gasteiger partial charge is 0.350 e. The summed E-state index contributed by atoms with van der Waals surface area (Å²) < 4.78 is 1.92. The van der Waals surface area contributed by atoms with E-state index in [1.54, 1.807) is 24.5 Å².